The molecular weight excluding hydrogens is 276 g/mol. The topological polar surface area (TPSA) is 52.3 Å². The van der Waals surface area contributed by atoms with Crippen LogP contribution in [0, 0.1) is 6.92 Å². The summed E-state index contributed by atoms with van der Waals surface area (Å²) in [5.74, 6) is 2.22. The maximum Gasteiger partial charge on any atom is 0.256 e. The van der Waals surface area contributed by atoms with Crippen LogP contribution in [0.5, 0.6) is 5.75 Å². The minimum atomic E-state index is 0.606. The van der Waals surface area contributed by atoms with Crippen molar-refractivity contribution in [3.05, 3.63) is 54.4 Å². The molecule has 22 heavy (non-hydrogen) atoms. The minimum absolute atomic E-state index is 0.606. The maximum atomic E-state index is 5.37. The van der Waals surface area contributed by atoms with Crippen molar-refractivity contribution in [1.82, 2.24) is 19.6 Å². The van der Waals surface area contributed by atoms with E-state index in [4.69, 9.17) is 9.72 Å². The van der Waals surface area contributed by atoms with E-state index in [2.05, 4.69) is 10.2 Å². The third-order valence-electron chi connectivity index (χ3n) is 3.77. The van der Waals surface area contributed by atoms with Crippen LogP contribution in [0.2, 0.25) is 0 Å². The van der Waals surface area contributed by atoms with Crippen LogP contribution < -0.4 is 4.74 Å². The molecular formula is C17H14N4O. The Balaban J connectivity index is 2.17. The first-order valence-corrected chi connectivity index (χ1v) is 7.03. The van der Waals surface area contributed by atoms with E-state index >= 15 is 0 Å². The van der Waals surface area contributed by atoms with E-state index in [1.807, 2.05) is 59.9 Å². The van der Waals surface area contributed by atoms with Gasteiger partial charge in [0, 0.05) is 10.9 Å². The standard InChI is InChI=1S/C17H14N4O/c1-11-19-20-17-18-16(12-6-4-3-5-7-12)14-10-13(22-2)8-9-15(14)21(11)17/h3-10H,1-2H3. The number of fused-ring (bicyclic) bond motifs is 3. The minimum Gasteiger partial charge on any atom is -0.497 e. The Bertz CT molecular complexity index is 976. The SMILES string of the molecule is COc1ccc2c(c1)c(-c1ccccc1)nc1nnc(C)n12. The zero-order valence-corrected chi connectivity index (χ0v) is 12.3. The number of hydrogen-bond donors (Lipinski definition) is 0. The Labute approximate surface area is 127 Å². The largest absolute Gasteiger partial charge is 0.497 e. The number of hydrogen-bond acceptors (Lipinski definition) is 4. The summed E-state index contributed by atoms with van der Waals surface area (Å²) in [7, 11) is 1.67. The molecule has 0 atom stereocenters. The van der Waals surface area contributed by atoms with Gasteiger partial charge in [-0.25, -0.2) is 4.98 Å². The van der Waals surface area contributed by atoms with Gasteiger partial charge in [-0.2, -0.15) is 0 Å². The Morgan fingerprint density at radius 2 is 1.82 bits per heavy atom. The van der Waals surface area contributed by atoms with E-state index < -0.39 is 0 Å². The molecule has 0 aliphatic carbocycles. The van der Waals surface area contributed by atoms with Crippen LogP contribution in [0.1, 0.15) is 5.82 Å². The maximum absolute atomic E-state index is 5.37. The molecule has 4 rings (SSSR count). The predicted molar refractivity (Wildman–Crippen MR) is 85.0 cm³/mol. The molecule has 0 unspecified atom stereocenters. The summed E-state index contributed by atoms with van der Waals surface area (Å²) in [5.41, 5.74) is 2.95. The van der Waals surface area contributed by atoms with E-state index in [1.165, 1.54) is 0 Å². The lowest BCUT2D eigenvalue weighted by molar-refractivity contribution is 0.415. The number of methoxy groups -OCH3 is 1. The molecule has 0 saturated heterocycles. The first-order chi connectivity index (χ1) is 10.8. The van der Waals surface area contributed by atoms with Crippen LogP contribution in [0.15, 0.2) is 48.5 Å². The van der Waals surface area contributed by atoms with Crippen molar-refractivity contribution in [1.29, 1.82) is 0 Å². The first kappa shape index (κ1) is 12.8. The monoisotopic (exact) mass is 290 g/mol. The normalized spacial score (nSPS) is 11.2. The van der Waals surface area contributed by atoms with E-state index in [-0.39, 0.29) is 0 Å². The lowest BCUT2D eigenvalue weighted by atomic mass is 10.1. The van der Waals surface area contributed by atoms with Crippen LogP contribution in [0.25, 0.3) is 27.9 Å². The van der Waals surface area contributed by atoms with E-state index in [9.17, 15) is 0 Å². The molecule has 5 nitrogen and oxygen atoms in total. The van der Waals surface area contributed by atoms with Crippen molar-refractivity contribution in [2.24, 2.45) is 0 Å². The van der Waals surface area contributed by atoms with Gasteiger partial charge in [0.1, 0.15) is 11.6 Å². The van der Waals surface area contributed by atoms with Gasteiger partial charge >= 0.3 is 0 Å². The summed E-state index contributed by atoms with van der Waals surface area (Å²) < 4.78 is 7.33. The molecule has 0 amide bonds. The number of benzene rings is 2. The van der Waals surface area contributed by atoms with Crippen molar-refractivity contribution >= 4 is 16.7 Å². The second kappa shape index (κ2) is 4.80. The third-order valence-corrected chi connectivity index (χ3v) is 3.77. The van der Waals surface area contributed by atoms with Crippen molar-refractivity contribution in [2.75, 3.05) is 7.11 Å². The summed E-state index contributed by atoms with van der Waals surface area (Å²) >= 11 is 0. The summed E-state index contributed by atoms with van der Waals surface area (Å²) in [6, 6.07) is 16.0. The molecule has 5 heteroatoms. The summed E-state index contributed by atoms with van der Waals surface area (Å²) in [5, 5.41) is 9.32. The Morgan fingerprint density at radius 1 is 1.00 bits per heavy atom. The Hall–Kier alpha value is -2.95. The van der Waals surface area contributed by atoms with Gasteiger partial charge in [0.2, 0.25) is 0 Å². The van der Waals surface area contributed by atoms with Crippen molar-refractivity contribution in [3.8, 4) is 17.0 Å². The molecule has 0 fully saturated rings. The quantitative estimate of drug-likeness (QED) is 0.568. The Kier molecular flexibility index (Phi) is 2.79. The van der Waals surface area contributed by atoms with Gasteiger partial charge in [-0.15, -0.1) is 10.2 Å². The zero-order valence-electron chi connectivity index (χ0n) is 12.3. The van der Waals surface area contributed by atoms with Crippen molar-refractivity contribution in [2.45, 2.75) is 6.92 Å². The number of nitrogens with zero attached hydrogens (tertiary/aromatic N) is 4. The third kappa shape index (κ3) is 1.83. The zero-order chi connectivity index (χ0) is 15.1. The van der Waals surface area contributed by atoms with Crippen LogP contribution in [0.3, 0.4) is 0 Å². The fourth-order valence-electron chi connectivity index (χ4n) is 2.71. The highest BCUT2D eigenvalue weighted by Gasteiger charge is 2.14. The number of aromatic nitrogens is 4. The molecule has 0 saturated carbocycles. The van der Waals surface area contributed by atoms with Crippen LogP contribution in [0.4, 0.5) is 0 Å². The molecule has 2 heterocycles. The molecule has 4 aromatic rings. The van der Waals surface area contributed by atoms with Crippen molar-refractivity contribution in [3.63, 3.8) is 0 Å². The number of rotatable bonds is 2. The fraction of sp³-hybridized carbons (Fsp3) is 0.118. The molecule has 2 aromatic heterocycles. The smallest absolute Gasteiger partial charge is 0.256 e. The highest BCUT2D eigenvalue weighted by molar-refractivity contribution is 5.95. The predicted octanol–water partition coefficient (Wildman–Crippen LogP) is 3.26. The van der Waals surface area contributed by atoms with E-state index in [1.54, 1.807) is 7.11 Å². The van der Waals surface area contributed by atoms with Gasteiger partial charge in [0.25, 0.3) is 5.78 Å². The molecule has 0 radical (unpaired) electrons. The van der Waals surface area contributed by atoms with E-state index in [0.29, 0.717) is 5.78 Å². The van der Waals surface area contributed by atoms with Crippen LogP contribution in [-0.2, 0) is 0 Å². The summed E-state index contributed by atoms with van der Waals surface area (Å²) in [4.78, 5) is 4.70. The molecule has 2 aromatic carbocycles. The summed E-state index contributed by atoms with van der Waals surface area (Å²) in [6.45, 7) is 1.92. The Morgan fingerprint density at radius 3 is 2.59 bits per heavy atom. The van der Waals surface area contributed by atoms with Crippen LogP contribution >= 0.6 is 0 Å². The molecule has 0 spiro atoms. The lowest BCUT2D eigenvalue weighted by Crippen LogP contribution is -1.98. The average Bonchev–Trinajstić information content (AvgIpc) is 2.95. The van der Waals surface area contributed by atoms with Crippen molar-refractivity contribution < 1.29 is 4.74 Å². The molecule has 0 aliphatic heterocycles. The van der Waals surface area contributed by atoms with Gasteiger partial charge in [0.15, 0.2) is 0 Å². The average molecular weight is 290 g/mol. The van der Waals surface area contributed by atoms with Crippen LogP contribution in [-0.4, -0.2) is 26.7 Å². The second-order valence-corrected chi connectivity index (χ2v) is 5.09. The molecule has 0 bridgehead atoms. The van der Waals surface area contributed by atoms with E-state index in [0.717, 1.165) is 33.7 Å². The molecule has 108 valence electrons. The lowest BCUT2D eigenvalue weighted by Gasteiger charge is -2.10. The summed E-state index contributed by atoms with van der Waals surface area (Å²) in [6.07, 6.45) is 0. The molecule has 0 N–H and O–H groups in total. The van der Waals surface area contributed by atoms with Gasteiger partial charge in [-0.3, -0.25) is 4.40 Å². The second-order valence-electron chi connectivity index (χ2n) is 5.09. The fourth-order valence-corrected chi connectivity index (χ4v) is 2.71. The van der Waals surface area contributed by atoms with Gasteiger partial charge < -0.3 is 4.74 Å². The molecule has 0 aliphatic rings. The first-order valence-electron chi connectivity index (χ1n) is 7.03. The van der Waals surface area contributed by atoms with Gasteiger partial charge in [-0.05, 0) is 25.1 Å². The number of aryl methyl sites for hydroxylation is 1. The number of ether oxygens (including phenoxy) is 1. The van der Waals surface area contributed by atoms with Gasteiger partial charge in [0.05, 0.1) is 18.3 Å². The highest BCUT2D eigenvalue weighted by atomic mass is 16.5. The van der Waals surface area contributed by atoms with Gasteiger partial charge in [-0.1, -0.05) is 30.3 Å². The highest BCUT2D eigenvalue weighted by Crippen LogP contribution is 2.30.